The molecule has 1 fully saturated rings. The van der Waals surface area contributed by atoms with Gasteiger partial charge in [-0.25, -0.2) is 0 Å². The third-order valence-corrected chi connectivity index (χ3v) is 8.61. The summed E-state index contributed by atoms with van der Waals surface area (Å²) >= 11 is 5.06. The van der Waals surface area contributed by atoms with Gasteiger partial charge in [-0.2, -0.15) is 0 Å². The first-order valence-electron chi connectivity index (χ1n) is 13.5. The summed E-state index contributed by atoms with van der Waals surface area (Å²) in [5.74, 6) is 1.69. The second-order valence-corrected chi connectivity index (χ2v) is 11.9. The molecule has 206 valence electrons. The van der Waals surface area contributed by atoms with Crippen molar-refractivity contribution in [2.45, 2.75) is 37.9 Å². The molecular formula is C31H32BrN5O2S. The van der Waals surface area contributed by atoms with Crippen LogP contribution >= 0.6 is 27.7 Å². The topological polar surface area (TPSA) is 71.3 Å². The maximum absolute atomic E-state index is 13.0. The van der Waals surface area contributed by atoms with Crippen molar-refractivity contribution in [1.29, 1.82) is 0 Å². The average molecular weight is 619 g/mol. The summed E-state index contributed by atoms with van der Waals surface area (Å²) in [6.07, 6.45) is 1.19. The summed E-state index contributed by atoms with van der Waals surface area (Å²) in [5, 5.41) is 9.87. The summed E-state index contributed by atoms with van der Waals surface area (Å²) in [6.45, 7) is 5.74. The molecule has 1 aliphatic heterocycles. The van der Waals surface area contributed by atoms with Gasteiger partial charge < -0.3 is 9.80 Å². The fourth-order valence-corrected chi connectivity index (χ4v) is 6.27. The van der Waals surface area contributed by atoms with Crippen molar-refractivity contribution in [1.82, 2.24) is 24.6 Å². The quantitative estimate of drug-likeness (QED) is 0.173. The molecule has 2 heterocycles. The Morgan fingerprint density at radius 3 is 2.50 bits per heavy atom. The molecule has 0 N–H and O–H groups in total. The Morgan fingerprint density at radius 1 is 0.975 bits per heavy atom. The van der Waals surface area contributed by atoms with Crippen LogP contribution in [0.5, 0.6) is 0 Å². The van der Waals surface area contributed by atoms with E-state index in [9.17, 15) is 9.59 Å². The Balaban J connectivity index is 1.18. The van der Waals surface area contributed by atoms with Gasteiger partial charge in [-0.15, -0.1) is 10.2 Å². The summed E-state index contributed by atoms with van der Waals surface area (Å²) in [6, 6.07) is 25.7. The van der Waals surface area contributed by atoms with Gasteiger partial charge in [0.25, 0.3) is 5.91 Å². The molecule has 1 aromatic heterocycles. The van der Waals surface area contributed by atoms with Gasteiger partial charge in [0.15, 0.2) is 11.0 Å². The molecule has 1 aliphatic rings. The number of benzene rings is 3. The van der Waals surface area contributed by atoms with Crippen molar-refractivity contribution in [3.63, 3.8) is 0 Å². The Hall–Kier alpha value is -3.43. The van der Waals surface area contributed by atoms with Crippen LogP contribution in [0.1, 0.15) is 35.7 Å². The van der Waals surface area contributed by atoms with Gasteiger partial charge in [0, 0.05) is 53.4 Å². The van der Waals surface area contributed by atoms with Gasteiger partial charge in [0.2, 0.25) is 5.91 Å². The Labute approximate surface area is 247 Å². The third kappa shape index (κ3) is 6.31. The monoisotopic (exact) mass is 617 g/mol. The molecule has 40 heavy (non-hydrogen) atoms. The number of halogens is 1. The van der Waals surface area contributed by atoms with Crippen LogP contribution in [-0.4, -0.2) is 67.8 Å². The van der Waals surface area contributed by atoms with E-state index in [1.165, 1.54) is 0 Å². The zero-order valence-corrected chi connectivity index (χ0v) is 25.1. The molecule has 9 heteroatoms. The minimum absolute atomic E-state index is 0.00457. The van der Waals surface area contributed by atoms with E-state index in [-0.39, 0.29) is 17.9 Å². The summed E-state index contributed by atoms with van der Waals surface area (Å²) < 4.78 is 2.99. The number of para-hydroxylation sites is 1. The number of aryl methyl sites for hydroxylation is 1. The molecule has 7 nitrogen and oxygen atoms in total. The number of hydrogen-bond donors (Lipinski definition) is 0. The van der Waals surface area contributed by atoms with Crippen LogP contribution in [0, 0.1) is 6.92 Å². The van der Waals surface area contributed by atoms with Crippen molar-refractivity contribution >= 4 is 39.5 Å². The van der Waals surface area contributed by atoms with E-state index >= 15 is 0 Å². The van der Waals surface area contributed by atoms with Crippen LogP contribution in [0.4, 0.5) is 0 Å². The minimum atomic E-state index is -0.0392. The summed E-state index contributed by atoms with van der Waals surface area (Å²) in [4.78, 5) is 29.8. The molecule has 1 unspecified atom stereocenters. The highest BCUT2D eigenvalue weighted by atomic mass is 79.9. The van der Waals surface area contributed by atoms with Crippen LogP contribution in [0.3, 0.4) is 0 Å². The summed E-state index contributed by atoms with van der Waals surface area (Å²) in [7, 11) is 0. The molecule has 1 atom stereocenters. The lowest BCUT2D eigenvalue weighted by Crippen LogP contribution is -2.55. The minimum Gasteiger partial charge on any atom is -0.339 e. The van der Waals surface area contributed by atoms with Gasteiger partial charge in [-0.1, -0.05) is 82.3 Å². The number of carbonyl (C=O) groups is 2. The van der Waals surface area contributed by atoms with Gasteiger partial charge in [0.05, 0.1) is 5.69 Å². The number of nitrogens with zero attached hydrogens (tertiary/aromatic N) is 5. The molecule has 0 aliphatic carbocycles. The van der Waals surface area contributed by atoms with Gasteiger partial charge in [-0.05, 0) is 50.1 Å². The zero-order valence-electron chi connectivity index (χ0n) is 22.7. The zero-order chi connectivity index (χ0) is 28.1. The lowest BCUT2D eigenvalue weighted by Gasteiger charge is -2.40. The van der Waals surface area contributed by atoms with Crippen molar-refractivity contribution in [3.8, 4) is 17.1 Å². The van der Waals surface area contributed by atoms with Crippen molar-refractivity contribution in [3.05, 3.63) is 94.5 Å². The van der Waals surface area contributed by atoms with E-state index in [1.54, 1.807) is 11.8 Å². The smallest absolute Gasteiger partial charge is 0.254 e. The lowest BCUT2D eigenvalue weighted by molar-refractivity contribution is -0.133. The highest BCUT2D eigenvalue weighted by Crippen LogP contribution is 2.30. The van der Waals surface area contributed by atoms with Gasteiger partial charge in [-0.3, -0.25) is 14.2 Å². The van der Waals surface area contributed by atoms with E-state index < -0.39 is 0 Å². The predicted molar refractivity (Wildman–Crippen MR) is 163 cm³/mol. The second-order valence-electron chi connectivity index (χ2n) is 9.94. The normalized spacial score (nSPS) is 15.3. The van der Waals surface area contributed by atoms with Crippen LogP contribution in [-0.2, 0) is 4.79 Å². The van der Waals surface area contributed by atoms with E-state index in [4.69, 9.17) is 0 Å². The van der Waals surface area contributed by atoms with Crippen molar-refractivity contribution in [2.75, 3.05) is 25.4 Å². The number of hydrogen-bond acceptors (Lipinski definition) is 5. The molecular weight excluding hydrogens is 586 g/mol. The lowest BCUT2D eigenvalue weighted by atomic mass is 10.1. The molecule has 2 amide bonds. The number of amides is 2. The molecule has 5 rings (SSSR count). The maximum atomic E-state index is 13.0. The highest BCUT2D eigenvalue weighted by Gasteiger charge is 2.30. The first-order valence-corrected chi connectivity index (χ1v) is 15.2. The SMILES string of the molecule is Cc1ccccc1-n1c(SCCCC(=O)N2CCN(C(=O)c3cccc(Br)c3)C(C)C2)nnc1-c1ccccc1. The van der Waals surface area contributed by atoms with Gasteiger partial charge in [0.1, 0.15) is 0 Å². The molecule has 3 aromatic carbocycles. The third-order valence-electron chi connectivity index (χ3n) is 7.10. The Morgan fingerprint density at radius 2 is 1.75 bits per heavy atom. The Bertz CT molecular complexity index is 1490. The second kappa shape index (κ2) is 12.8. The van der Waals surface area contributed by atoms with Crippen LogP contribution in [0.2, 0.25) is 0 Å². The number of thioether (sulfide) groups is 1. The largest absolute Gasteiger partial charge is 0.339 e. The van der Waals surface area contributed by atoms with Crippen LogP contribution < -0.4 is 0 Å². The fourth-order valence-electron chi connectivity index (χ4n) is 4.99. The van der Waals surface area contributed by atoms with E-state index in [0.29, 0.717) is 31.6 Å². The fraction of sp³-hybridized carbons (Fsp3) is 0.290. The molecule has 1 saturated heterocycles. The molecule has 0 bridgehead atoms. The van der Waals surface area contributed by atoms with Crippen molar-refractivity contribution < 1.29 is 9.59 Å². The molecule has 0 spiro atoms. The van der Waals surface area contributed by atoms with E-state index in [0.717, 1.165) is 44.4 Å². The number of carbonyl (C=O) groups excluding carboxylic acids is 2. The van der Waals surface area contributed by atoms with Crippen LogP contribution in [0.15, 0.2) is 88.5 Å². The predicted octanol–water partition coefficient (Wildman–Crippen LogP) is 6.25. The maximum Gasteiger partial charge on any atom is 0.254 e. The first-order chi connectivity index (χ1) is 19.4. The van der Waals surface area contributed by atoms with E-state index in [1.807, 2.05) is 83.5 Å². The summed E-state index contributed by atoms with van der Waals surface area (Å²) in [5.41, 5.74) is 3.86. The number of rotatable bonds is 8. The first kappa shape index (κ1) is 28.1. The molecule has 4 aromatic rings. The van der Waals surface area contributed by atoms with Crippen molar-refractivity contribution in [2.24, 2.45) is 0 Å². The number of aromatic nitrogens is 3. The van der Waals surface area contributed by atoms with Crippen LogP contribution in [0.25, 0.3) is 17.1 Å². The van der Waals surface area contributed by atoms with Gasteiger partial charge >= 0.3 is 0 Å². The number of piperazine rings is 1. The Kier molecular flexibility index (Phi) is 9.01. The molecule has 0 saturated carbocycles. The standard InChI is InChI=1S/C31H32BrN5O2S/c1-22-10-6-7-15-27(22)37-29(24-11-4-3-5-12-24)33-34-31(37)40-19-9-16-28(38)35-17-18-36(23(2)21-35)30(39)25-13-8-14-26(32)20-25/h3-8,10-15,20,23H,9,16-19,21H2,1-2H3. The van der Waals surface area contributed by atoms with E-state index in [2.05, 4.69) is 49.8 Å². The highest BCUT2D eigenvalue weighted by molar-refractivity contribution is 9.10. The average Bonchev–Trinajstić information content (AvgIpc) is 3.39. The molecule has 0 radical (unpaired) electrons.